The van der Waals surface area contributed by atoms with Gasteiger partial charge in [-0.3, -0.25) is 9.59 Å². The fourth-order valence-electron chi connectivity index (χ4n) is 4.53. The number of carbonyl (C=O) groups is 2. The molecule has 1 aromatic carbocycles. The molecular formula is C25H27N3O4S. The van der Waals surface area contributed by atoms with Crippen molar-refractivity contribution >= 4 is 39.8 Å². The minimum atomic E-state index is -0.579. The van der Waals surface area contributed by atoms with E-state index in [0.29, 0.717) is 44.3 Å². The van der Waals surface area contributed by atoms with Gasteiger partial charge >= 0.3 is 5.97 Å². The average molecular weight is 466 g/mol. The van der Waals surface area contributed by atoms with Gasteiger partial charge in [-0.2, -0.15) is 0 Å². The van der Waals surface area contributed by atoms with Crippen molar-refractivity contribution < 1.29 is 14.3 Å². The van der Waals surface area contributed by atoms with Crippen LogP contribution in [-0.2, 0) is 11.3 Å². The second-order valence-electron chi connectivity index (χ2n) is 8.58. The fraction of sp³-hybridized carbons (Fsp3) is 0.400. The number of hydrogen-bond donors (Lipinski definition) is 0. The Labute approximate surface area is 196 Å². The zero-order valence-corrected chi connectivity index (χ0v) is 19.5. The predicted octanol–water partition coefficient (Wildman–Crippen LogP) is 3.61. The summed E-state index contributed by atoms with van der Waals surface area (Å²) in [6.45, 7) is 4.71. The zero-order valence-electron chi connectivity index (χ0n) is 18.7. The maximum atomic E-state index is 13.6. The molecule has 1 aliphatic heterocycles. The Morgan fingerprint density at radius 3 is 2.48 bits per heavy atom. The van der Waals surface area contributed by atoms with Crippen LogP contribution in [-0.4, -0.2) is 54.1 Å². The van der Waals surface area contributed by atoms with E-state index < -0.39 is 5.97 Å². The number of para-hydroxylation sites is 1. The molecule has 0 unspecified atom stereocenters. The molecule has 172 valence electrons. The van der Waals surface area contributed by atoms with Crippen LogP contribution in [0.4, 0.5) is 5.69 Å². The number of piperazine rings is 1. The molecule has 1 saturated carbocycles. The van der Waals surface area contributed by atoms with E-state index in [1.165, 1.54) is 11.3 Å². The molecule has 7 nitrogen and oxygen atoms in total. The summed E-state index contributed by atoms with van der Waals surface area (Å²) in [4.78, 5) is 44.1. The molecule has 5 rings (SSSR count). The Bertz CT molecular complexity index is 1240. The van der Waals surface area contributed by atoms with Gasteiger partial charge in [0.05, 0.1) is 22.7 Å². The molecule has 2 fully saturated rings. The highest BCUT2D eigenvalue weighted by atomic mass is 32.1. The number of aromatic nitrogens is 1. The molecule has 1 aliphatic carbocycles. The minimum Gasteiger partial charge on any atom is -0.462 e. The van der Waals surface area contributed by atoms with Crippen LogP contribution < -0.4 is 10.5 Å². The summed E-state index contributed by atoms with van der Waals surface area (Å²) < 4.78 is 7.08. The van der Waals surface area contributed by atoms with Gasteiger partial charge in [0.2, 0.25) is 0 Å². The Morgan fingerprint density at radius 1 is 1.06 bits per heavy atom. The molecule has 0 bridgehead atoms. The maximum Gasteiger partial charge on any atom is 0.345 e. The van der Waals surface area contributed by atoms with Crippen LogP contribution in [0.25, 0.3) is 10.9 Å². The van der Waals surface area contributed by atoms with E-state index in [2.05, 4.69) is 4.90 Å². The van der Waals surface area contributed by atoms with E-state index in [1.54, 1.807) is 11.5 Å². The standard InChI is InChI=1S/C25H27N3O4S/c1-2-32-25(31)21-22(26-11-13-27(14-12-26)23(29)20-8-5-15-33-20)18-6-3-4-7-19(18)28(24(21)30)16-17-9-10-17/h3-8,15,17H,2,9-14,16H2,1H3. The highest BCUT2D eigenvalue weighted by molar-refractivity contribution is 7.12. The van der Waals surface area contributed by atoms with Crippen molar-refractivity contribution in [2.24, 2.45) is 5.92 Å². The first kappa shape index (κ1) is 21.7. The van der Waals surface area contributed by atoms with Gasteiger partial charge in [0.15, 0.2) is 0 Å². The number of amides is 1. The van der Waals surface area contributed by atoms with E-state index >= 15 is 0 Å². The number of esters is 1. The van der Waals surface area contributed by atoms with Crippen molar-refractivity contribution in [3.8, 4) is 0 Å². The molecule has 2 aromatic heterocycles. The monoisotopic (exact) mass is 465 g/mol. The quantitative estimate of drug-likeness (QED) is 0.520. The van der Waals surface area contributed by atoms with E-state index in [9.17, 15) is 14.4 Å². The second kappa shape index (κ2) is 9.02. The normalized spacial score (nSPS) is 16.3. The largest absolute Gasteiger partial charge is 0.462 e. The highest BCUT2D eigenvalue weighted by Gasteiger charge is 2.32. The van der Waals surface area contributed by atoms with E-state index in [-0.39, 0.29) is 23.6 Å². The van der Waals surface area contributed by atoms with Crippen molar-refractivity contribution in [1.82, 2.24) is 9.47 Å². The number of benzene rings is 1. The van der Waals surface area contributed by atoms with E-state index in [1.807, 2.05) is 46.7 Å². The lowest BCUT2D eigenvalue weighted by Crippen LogP contribution is -2.49. The molecule has 0 atom stereocenters. The summed E-state index contributed by atoms with van der Waals surface area (Å²) in [5, 5.41) is 2.77. The summed E-state index contributed by atoms with van der Waals surface area (Å²) in [5.41, 5.74) is 1.29. The Hall–Kier alpha value is -3.13. The lowest BCUT2D eigenvalue weighted by atomic mass is 10.1. The number of hydrogen-bond acceptors (Lipinski definition) is 6. The number of pyridine rings is 1. The number of ether oxygens (including phenoxy) is 1. The topological polar surface area (TPSA) is 71.8 Å². The van der Waals surface area contributed by atoms with Gasteiger partial charge in [0, 0.05) is 38.1 Å². The molecule has 2 aliphatic rings. The Kier molecular flexibility index (Phi) is 5.93. The number of rotatable bonds is 6. The molecule has 0 N–H and O–H groups in total. The first-order chi connectivity index (χ1) is 16.1. The molecule has 8 heteroatoms. The van der Waals surface area contributed by atoms with Gasteiger partial charge in [-0.25, -0.2) is 4.79 Å². The zero-order chi connectivity index (χ0) is 22.9. The summed E-state index contributed by atoms with van der Waals surface area (Å²) in [7, 11) is 0. The maximum absolute atomic E-state index is 13.6. The van der Waals surface area contributed by atoms with Crippen molar-refractivity contribution in [2.45, 2.75) is 26.3 Å². The third-order valence-electron chi connectivity index (χ3n) is 6.38. The fourth-order valence-corrected chi connectivity index (χ4v) is 5.23. The highest BCUT2D eigenvalue weighted by Crippen LogP contribution is 2.34. The molecule has 0 spiro atoms. The summed E-state index contributed by atoms with van der Waals surface area (Å²) >= 11 is 1.44. The molecule has 3 heterocycles. The molecule has 33 heavy (non-hydrogen) atoms. The van der Waals surface area contributed by atoms with Crippen molar-refractivity contribution in [3.63, 3.8) is 0 Å². The van der Waals surface area contributed by atoms with Crippen LogP contribution in [0.1, 0.15) is 39.8 Å². The van der Waals surface area contributed by atoms with Crippen LogP contribution >= 0.6 is 11.3 Å². The third kappa shape index (κ3) is 4.15. The lowest BCUT2D eigenvalue weighted by molar-refractivity contribution is 0.0523. The van der Waals surface area contributed by atoms with Gasteiger partial charge in [0.1, 0.15) is 5.56 Å². The van der Waals surface area contributed by atoms with Gasteiger partial charge < -0.3 is 19.1 Å². The number of nitrogens with zero attached hydrogens (tertiary/aromatic N) is 3. The number of fused-ring (bicyclic) bond motifs is 1. The van der Waals surface area contributed by atoms with Gasteiger partial charge in [0.25, 0.3) is 11.5 Å². The SMILES string of the molecule is CCOC(=O)c1c(N2CCN(C(=O)c3cccs3)CC2)c2ccccc2n(CC2CC2)c1=O. The predicted molar refractivity (Wildman–Crippen MR) is 129 cm³/mol. The van der Waals surface area contributed by atoms with Crippen LogP contribution in [0, 0.1) is 5.92 Å². The number of thiophene rings is 1. The number of anilines is 1. The van der Waals surface area contributed by atoms with E-state index in [0.717, 1.165) is 28.6 Å². The first-order valence-corrected chi connectivity index (χ1v) is 12.4. The molecule has 0 radical (unpaired) electrons. The average Bonchev–Trinajstić information content (AvgIpc) is 3.49. The molecule has 3 aromatic rings. The van der Waals surface area contributed by atoms with Gasteiger partial charge in [-0.15, -0.1) is 11.3 Å². The summed E-state index contributed by atoms with van der Waals surface area (Å²) in [6.07, 6.45) is 2.22. The second-order valence-corrected chi connectivity index (χ2v) is 9.52. The number of carbonyl (C=O) groups excluding carboxylic acids is 2. The molecular weight excluding hydrogens is 438 g/mol. The third-order valence-corrected chi connectivity index (χ3v) is 7.24. The van der Waals surface area contributed by atoms with Crippen LogP contribution in [0.5, 0.6) is 0 Å². The molecule has 1 saturated heterocycles. The first-order valence-electron chi connectivity index (χ1n) is 11.5. The Morgan fingerprint density at radius 2 is 1.82 bits per heavy atom. The van der Waals surface area contributed by atoms with Crippen LogP contribution in [0.2, 0.25) is 0 Å². The van der Waals surface area contributed by atoms with Gasteiger partial charge in [-0.05, 0) is 43.2 Å². The van der Waals surface area contributed by atoms with E-state index in [4.69, 9.17) is 4.74 Å². The smallest absolute Gasteiger partial charge is 0.345 e. The van der Waals surface area contributed by atoms with Gasteiger partial charge in [-0.1, -0.05) is 24.3 Å². The van der Waals surface area contributed by atoms with Crippen molar-refractivity contribution in [3.05, 3.63) is 62.6 Å². The van der Waals surface area contributed by atoms with Crippen molar-refractivity contribution in [1.29, 1.82) is 0 Å². The summed E-state index contributed by atoms with van der Waals surface area (Å²) in [5.74, 6) is -0.0660. The molecule has 1 amide bonds. The van der Waals surface area contributed by atoms with Crippen LogP contribution in [0.15, 0.2) is 46.6 Å². The van der Waals surface area contributed by atoms with Crippen LogP contribution in [0.3, 0.4) is 0 Å². The summed E-state index contributed by atoms with van der Waals surface area (Å²) in [6, 6.07) is 11.5. The minimum absolute atomic E-state index is 0.0278. The lowest BCUT2D eigenvalue weighted by Gasteiger charge is -2.37. The van der Waals surface area contributed by atoms with Crippen molar-refractivity contribution in [2.75, 3.05) is 37.7 Å². The Balaban J connectivity index is 1.54.